The lowest BCUT2D eigenvalue weighted by Crippen LogP contribution is -2.38. The molecule has 7 nitrogen and oxygen atoms in total. The van der Waals surface area contributed by atoms with E-state index >= 15 is 0 Å². The van der Waals surface area contributed by atoms with Crippen molar-refractivity contribution in [3.05, 3.63) is 66.1 Å². The van der Waals surface area contributed by atoms with E-state index < -0.39 is 0 Å². The minimum absolute atomic E-state index is 0.435. The second-order valence-electron chi connectivity index (χ2n) is 5.59. The highest BCUT2D eigenvalue weighted by atomic mass is 16.5. The van der Waals surface area contributed by atoms with Crippen LogP contribution in [0.4, 0.5) is 0 Å². The molecule has 0 saturated carbocycles. The predicted octanol–water partition coefficient (Wildman–Crippen LogP) is 2.43. The van der Waals surface area contributed by atoms with Gasteiger partial charge in [0, 0.05) is 25.7 Å². The summed E-state index contributed by atoms with van der Waals surface area (Å²) >= 11 is 0. The molecule has 0 fully saturated rings. The van der Waals surface area contributed by atoms with Gasteiger partial charge in [0.15, 0.2) is 11.8 Å². The molecule has 1 aromatic carbocycles. The van der Waals surface area contributed by atoms with Crippen LogP contribution < -0.4 is 10.6 Å². The molecule has 2 heterocycles. The average molecular weight is 350 g/mol. The molecule has 0 spiro atoms. The standard InChI is InChI=1S/C19H22N6O/c1-2-20-19(23-14-15-8-4-3-5-9-15)22-13-11-17-24-18(26-25-17)16-10-6-7-12-21-16/h3-10,12H,2,11,13-14H2,1H3,(H2,20,22,23). The topological polar surface area (TPSA) is 88.2 Å². The average Bonchev–Trinajstić information content (AvgIpc) is 3.16. The number of benzene rings is 1. The maximum Gasteiger partial charge on any atom is 0.276 e. The molecule has 0 aliphatic heterocycles. The second-order valence-corrected chi connectivity index (χ2v) is 5.59. The van der Waals surface area contributed by atoms with Crippen LogP contribution in [0.25, 0.3) is 11.6 Å². The summed E-state index contributed by atoms with van der Waals surface area (Å²) in [5, 5.41) is 10.5. The minimum Gasteiger partial charge on any atom is -0.357 e. The third-order valence-electron chi connectivity index (χ3n) is 3.60. The lowest BCUT2D eigenvalue weighted by molar-refractivity contribution is 0.421. The van der Waals surface area contributed by atoms with E-state index in [2.05, 4.69) is 42.9 Å². The van der Waals surface area contributed by atoms with Crippen molar-refractivity contribution in [3.63, 3.8) is 0 Å². The zero-order valence-corrected chi connectivity index (χ0v) is 14.7. The summed E-state index contributed by atoms with van der Waals surface area (Å²) in [5.41, 5.74) is 1.85. The lowest BCUT2D eigenvalue weighted by Gasteiger charge is -2.10. The maximum absolute atomic E-state index is 5.26. The highest BCUT2D eigenvalue weighted by Gasteiger charge is 2.09. The Kier molecular flexibility index (Phi) is 6.30. The molecule has 0 unspecified atom stereocenters. The number of nitrogens with zero attached hydrogens (tertiary/aromatic N) is 4. The van der Waals surface area contributed by atoms with Gasteiger partial charge < -0.3 is 15.2 Å². The minimum atomic E-state index is 0.435. The molecule has 2 aromatic heterocycles. The fourth-order valence-corrected chi connectivity index (χ4v) is 2.34. The lowest BCUT2D eigenvalue weighted by atomic mass is 10.2. The molecule has 2 N–H and O–H groups in total. The molecule has 134 valence electrons. The Morgan fingerprint density at radius 1 is 1.08 bits per heavy atom. The Morgan fingerprint density at radius 3 is 2.69 bits per heavy atom. The van der Waals surface area contributed by atoms with Crippen LogP contribution in [-0.2, 0) is 13.0 Å². The summed E-state index contributed by atoms with van der Waals surface area (Å²) in [7, 11) is 0. The fourth-order valence-electron chi connectivity index (χ4n) is 2.34. The monoisotopic (exact) mass is 350 g/mol. The van der Waals surface area contributed by atoms with Crippen molar-refractivity contribution in [3.8, 4) is 11.6 Å². The molecular formula is C19H22N6O. The summed E-state index contributed by atoms with van der Waals surface area (Å²) in [6.07, 6.45) is 2.33. The number of pyridine rings is 1. The Bertz CT molecular complexity index is 816. The van der Waals surface area contributed by atoms with Crippen molar-refractivity contribution in [1.29, 1.82) is 0 Å². The number of hydrogen-bond acceptors (Lipinski definition) is 5. The number of guanidine groups is 1. The Balaban J connectivity index is 1.52. The van der Waals surface area contributed by atoms with Crippen LogP contribution in [0.1, 0.15) is 18.3 Å². The molecule has 0 saturated heterocycles. The molecule has 26 heavy (non-hydrogen) atoms. The van der Waals surface area contributed by atoms with E-state index in [1.165, 1.54) is 5.56 Å². The Hall–Kier alpha value is -3.22. The third kappa shape index (κ3) is 5.14. The molecule has 0 radical (unpaired) electrons. The van der Waals surface area contributed by atoms with E-state index in [0.717, 1.165) is 12.5 Å². The zero-order valence-electron chi connectivity index (χ0n) is 14.7. The zero-order chi connectivity index (χ0) is 18.0. The van der Waals surface area contributed by atoms with Gasteiger partial charge in [-0.05, 0) is 24.6 Å². The van der Waals surface area contributed by atoms with E-state index in [4.69, 9.17) is 4.52 Å². The molecule has 0 aliphatic carbocycles. The van der Waals surface area contributed by atoms with Gasteiger partial charge in [0.2, 0.25) is 0 Å². The number of aromatic nitrogens is 3. The van der Waals surface area contributed by atoms with Crippen LogP contribution in [-0.4, -0.2) is 34.2 Å². The molecule has 0 aliphatic rings. The van der Waals surface area contributed by atoms with E-state index in [9.17, 15) is 0 Å². The molecule has 0 bridgehead atoms. The van der Waals surface area contributed by atoms with Gasteiger partial charge in [0.25, 0.3) is 5.89 Å². The SMILES string of the molecule is CCNC(=NCc1ccccc1)NCCc1noc(-c2ccccn2)n1. The first kappa shape index (κ1) is 17.6. The van der Waals surface area contributed by atoms with Gasteiger partial charge in [-0.25, -0.2) is 4.99 Å². The normalized spacial score (nSPS) is 11.3. The van der Waals surface area contributed by atoms with Crippen molar-refractivity contribution >= 4 is 5.96 Å². The summed E-state index contributed by atoms with van der Waals surface area (Å²) in [5.74, 6) is 1.84. The molecule has 0 amide bonds. The smallest absolute Gasteiger partial charge is 0.276 e. The van der Waals surface area contributed by atoms with Crippen LogP contribution in [0, 0.1) is 0 Å². The second kappa shape index (κ2) is 9.31. The van der Waals surface area contributed by atoms with Gasteiger partial charge in [0.05, 0.1) is 6.54 Å². The predicted molar refractivity (Wildman–Crippen MR) is 100 cm³/mol. The maximum atomic E-state index is 5.26. The van der Waals surface area contributed by atoms with E-state index in [0.29, 0.717) is 36.9 Å². The molecule has 3 rings (SSSR count). The van der Waals surface area contributed by atoms with Crippen molar-refractivity contribution in [2.24, 2.45) is 4.99 Å². The summed E-state index contributed by atoms with van der Waals surface area (Å²) in [6, 6.07) is 15.7. The molecule has 7 heteroatoms. The largest absolute Gasteiger partial charge is 0.357 e. The summed E-state index contributed by atoms with van der Waals surface area (Å²) in [6.45, 7) is 4.12. The van der Waals surface area contributed by atoms with E-state index in [-0.39, 0.29) is 0 Å². The number of hydrogen-bond donors (Lipinski definition) is 2. The van der Waals surface area contributed by atoms with Crippen molar-refractivity contribution < 1.29 is 4.52 Å². The van der Waals surface area contributed by atoms with Gasteiger partial charge in [-0.15, -0.1) is 0 Å². The first-order valence-electron chi connectivity index (χ1n) is 8.65. The number of aliphatic imine (C=N–C) groups is 1. The highest BCUT2D eigenvalue weighted by molar-refractivity contribution is 5.79. The van der Waals surface area contributed by atoms with Crippen LogP contribution in [0.2, 0.25) is 0 Å². The fraction of sp³-hybridized carbons (Fsp3) is 0.263. The van der Waals surface area contributed by atoms with Crippen molar-refractivity contribution in [2.45, 2.75) is 19.9 Å². The van der Waals surface area contributed by atoms with Gasteiger partial charge in [-0.2, -0.15) is 4.98 Å². The van der Waals surface area contributed by atoms with Gasteiger partial charge in [-0.3, -0.25) is 4.98 Å². The van der Waals surface area contributed by atoms with Crippen LogP contribution in [0.3, 0.4) is 0 Å². The molecule has 0 atom stereocenters. The Morgan fingerprint density at radius 2 is 1.92 bits per heavy atom. The van der Waals surface area contributed by atoms with Gasteiger partial charge in [0.1, 0.15) is 5.69 Å². The van der Waals surface area contributed by atoms with E-state index in [1.54, 1.807) is 6.20 Å². The Labute approximate surface area is 152 Å². The molecular weight excluding hydrogens is 328 g/mol. The van der Waals surface area contributed by atoms with Crippen LogP contribution in [0.15, 0.2) is 64.2 Å². The van der Waals surface area contributed by atoms with Crippen molar-refractivity contribution in [1.82, 2.24) is 25.8 Å². The number of nitrogens with one attached hydrogen (secondary N) is 2. The van der Waals surface area contributed by atoms with Crippen molar-refractivity contribution in [2.75, 3.05) is 13.1 Å². The first-order valence-corrected chi connectivity index (χ1v) is 8.65. The van der Waals surface area contributed by atoms with E-state index in [1.807, 2.05) is 43.3 Å². The number of rotatable bonds is 7. The quantitative estimate of drug-likeness (QED) is 0.503. The van der Waals surface area contributed by atoms with Gasteiger partial charge >= 0.3 is 0 Å². The highest BCUT2D eigenvalue weighted by Crippen LogP contribution is 2.13. The van der Waals surface area contributed by atoms with Gasteiger partial charge in [-0.1, -0.05) is 41.6 Å². The molecule has 3 aromatic rings. The van der Waals surface area contributed by atoms with Crippen LogP contribution >= 0.6 is 0 Å². The summed E-state index contributed by atoms with van der Waals surface area (Å²) < 4.78 is 5.26. The third-order valence-corrected chi connectivity index (χ3v) is 3.60. The van der Waals surface area contributed by atoms with Crippen LogP contribution in [0.5, 0.6) is 0 Å². The summed E-state index contributed by atoms with van der Waals surface area (Å²) in [4.78, 5) is 13.2. The first-order chi connectivity index (χ1) is 12.8.